The number of aromatic nitrogens is 2. The van der Waals surface area contributed by atoms with E-state index in [1.807, 2.05) is 4.90 Å². The number of hydrogen-bond acceptors (Lipinski definition) is 4. The number of morpholine rings is 1. The molecule has 0 aromatic carbocycles. The van der Waals surface area contributed by atoms with Crippen LogP contribution in [0.3, 0.4) is 0 Å². The van der Waals surface area contributed by atoms with Gasteiger partial charge in [-0.2, -0.15) is 0 Å². The normalized spacial score (nSPS) is 27.7. The predicted octanol–water partition coefficient (Wildman–Crippen LogP) is 1.26. The van der Waals surface area contributed by atoms with E-state index in [0.29, 0.717) is 18.8 Å². The number of carbonyl (C=O) groups is 1. The summed E-state index contributed by atoms with van der Waals surface area (Å²) in [6, 6.07) is 0.224. The van der Waals surface area contributed by atoms with E-state index in [0.717, 1.165) is 12.8 Å². The monoisotopic (exact) mass is 247 g/mol. The molecule has 1 amide bonds. The topological polar surface area (TPSA) is 55.3 Å². The van der Waals surface area contributed by atoms with Crippen molar-refractivity contribution in [2.45, 2.75) is 37.8 Å². The van der Waals surface area contributed by atoms with Crippen molar-refractivity contribution in [1.82, 2.24) is 14.9 Å². The van der Waals surface area contributed by atoms with Crippen LogP contribution < -0.4 is 0 Å². The predicted molar refractivity (Wildman–Crippen MR) is 65.1 cm³/mol. The maximum absolute atomic E-state index is 12.4. The van der Waals surface area contributed by atoms with E-state index in [4.69, 9.17) is 4.74 Å². The zero-order chi connectivity index (χ0) is 12.4. The van der Waals surface area contributed by atoms with Crippen molar-refractivity contribution < 1.29 is 9.53 Å². The van der Waals surface area contributed by atoms with Crippen LogP contribution >= 0.6 is 0 Å². The Hall–Kier alpha value is -1.49. The van der Waals surface area contributed by atoms with Crippen LogP contribution in [0, 0.1) is 0 Å². The van der Waals surface area contributed by atoms with E-state index in [1.54, 1.807) is 12.4 Å². The van der Waals surface area contributed by atoms with E-state index >= 15 is 0 Å². The third-order valence-corrected chi connectivity index (χ3v) is 3.78. The first-order chi connectivity index (χ1) is 8.86. The minimum atomic E-state index is -0.0108. The van der Waals surface area contributed by atoms with Gasteiger partial charge in [0.25, 0.3) is 5.91 Å². The maximum Gasteiger partial charge on any atom is 0.274 e. The van der Waals surface area contributed by atoms with Crippen molar-refractivity contribution in [1.29, 1.82) is 0 Å². The molecule has 0 spiro atoms. The molecule has 1 aromatic heterocycles. The summed E-state index contributed by atoms with van der Waals surface area (Å²) in [5.74, 6) is -0.0108. The van der Waals surface area contributed by atoms with Gasteiger partial charge < -0.3 is 9.64 Å². The Labute approximate surface area is 106 Å². The van der Waals surface area contributed by atoms with Gasteiger partial charge in [0, 0.05) is 18.9 Å². The summed E-state index contributed by atoms with van der Waals surface area (Å²) >= 11 is 0. The molecule has 0 bridgehead atoms. The Morgan fingerprint density at radius 2 is 2.22 bits per heavy atom. The quantitative estimate of drug-likeness (QED) is 0.749. The average Bonchev–Trinajstić information content (AvgIpc) is 2.47. The minimum Gasteiger partial charge on any atom is -0.374 e. The van der Waals surface area contributed by atoms with Gasteiger partial charge >= 0.3 is 0 Å². The van der Waals surface area contributed by atoms with Crippen LogP contribution in [0.2, 0.25) is 0 Å². The van der Waals surface area contributed by atoms with Gasteiger partial charge in [-0.25, -0.2) is 4.98 Å². The van der Waals surface area contributed by atoms with E-state index in [2.05, 4.69) is 9.97 Å². The molecule has 0 radical (unpaired) electrons. The average molecular weight is 247 g/mol. The van der Waals surface area contributed by atoms with Gasteiger partial charge in [0.15, 0.2) is 0 Å². The second kappa shape index (κ2) is 5.02. The van der Waals surface area contributed by atoms with Crippen LogP contribution in [-0.4, -0.2) is 46.1 Å². The number of hydrogen-bond donors (Lipinski definition) is 0. The Morgan fingerprint density at radius 3 is 3.06 bits per heavy atom. The molecule has 0 N–H and O–H groups in total. The molecule has 1 aliphatic heterocycles. The van der Waals surface area contributed by atoms with E-state index in [9.17, 15) is 4.79 Å². The standard InChI is InChI=1S/C13H17N3O2/c17-13(10-9-14-5-6-15-10)16-7-8-18-12-4-2-1-3-11(12)16/h5-6,9,11-12H,1-4,7-8H2. The van der Waals surface area contributed by atoms with Crippen LogP contribution in [0.4, 0.5) is 0 Å². The third kappa shape index (κ3) is 2.10. The Kier molecular flexibility index (Phi) is 3.23. The lowest BCUT2D eigenvalue weighted by atomic mass is 9.90. The molecule has 5 heteroatoms. The SMILES string of the molecule is O=C(c1cnccn1)N1CCOC2CCCCC21. The number of nitrogens with zero attached hydrogens (tertiary/aromatic N) is 3. The molecule has 2 fully saturated rings. The lowest BCUT2D eigenvalue weighted by Gasteiger charge is -2.43. The number of fused-ring (bicyclic) bond motifs is 1. The van der Waals surface area contributed by atoms with Crippen molar-refractivity contribution in [3.63, 3.8) is 0 Å². The Balaban J connectivity index is 1.80. The molecule has 2 heterocycles. The highest BCUT2D eigenvalue weighted by Crippen LogP contribution is 2.29. The molecule has 1 aromatic rings. The van der Waals surface area contributed by atoms with Crippen molar-refractivity contribution in [3.05, 3.63) is 24.3 Å². The highest BCUT2D eigenvalue weighted by Gasteiger charge is 2.37. The molecule has 1 saturated heterocycles. The lowest BCUT2D eigenvalue weighted by Crippen LogP contribution is -2.55. The van der Waals surface area contributed by atoms with E-state index in [1.165, 1.54) is 19.0 Å². The number of carbonyl (C=O) groups excluding carboxylic acids is 1. The summed E-state index contributed by atoms with van der Waals surface area (Å²) < 4.78 is 5.77. The number of rotatable bonds is 1. The van der Waals surface area contributed by atoms with Crippen molar-refractivity contribution >= 4 is 5.91 Å². The zero-order valence-electron chi connectivity index (χ0n) is 10.3. The number of amides is 1. The molecular weight excluding hydrogens is 230 g/mol. The van der Waals surface area contributed by atoms with Crippen LogP contribution in [0.15, 0.2) is 18.6 Å². The second-order valence-electron chi connectivity index (χ2n) is 4.85. The summed E-state index contributed by atoms with van der Waals surface area (Å²) in [5, 5.41) is 0. The molecule has 3 rings (SSSR count). The highest BCUT2D eigenvalue weighted by atomic mass is 16.5. The molecule has 18 heavy (non-hydrogen) atoms. The summed E-state index contributed by atoms with van der Waals surface area (Å²) in [7, 11) is 0. The molecule has 2 aliphatic rings. The summed E-state index contributed by atoms with van der Waals surface area (Å²) in [6.45, 7) is 1.30. The van der Waals surface area contributed by atoms with E-state index < -0.39 is 0 Å². The molecule has 2 atom stereocenters. The second-order valence-corrected chi connectivity index (χ2v) is 4.85. The lowest BCUT2D eigenvalue weighted by molar-refractivity contribution is -0.0754. The van der Waals surface area contributed by atoms with Gasteiger partial charge in [-0.1, -0.05) is 12.8 Å². The summed E-state index contributed by atoms with van der Waals surface area (Å²) in [4.78, 5) is 22.4. The number of ether oxygens (including phenoxy) is 1. The maximum atomic E-state index is 12.4. The van der Waals surface area contributed by atoms with Gasteiger partial charge in [-0.15, -0.1) is 0 Å². The van der Waals surface area contributed by atoms with Gasteiger partial charge in [-0.3, -0.25) is 9.78 Å². The van der Waals surface area contributed by atoms with Crippen molar-refractivity contribution in [2.24, 2.45) is 0 Å². The van der Waals surface area contributed by atoms with Gasteiger partial charge in [0.2, 0.25) is 0 Å². The fourth-order valence-electron chi connectivity index (χ4n) is 2.91. The van der Waals surface area contributed by atoms with Gasteiger partial charge in [0.1, 0.15) is 5.69 Å². The fourth-order valence-corrected chi connectivity index (χ4v) is 2.91. The smallest absolute Gasteiger partial charge is 0.274 e. The summed E-state index contributed by atoms with van der Waals surface area (Å²) in [6.07, 6.45) is 9.38. The van der Waals surface area contributed by atoms with Crippen molar-refractivity contribution in [2.75, 3.05) is 13.2 Å². The van der Waals surface area contributed by atoms with Gasteiger partial charge in [0.05, 0.1) is 24.9 Å². The highest BCUT2D eigenvalue weighted by molar-refractivity contribution is 5.92. The van der Waals surface area contributed by atoms with Crippen molar-refractivity contribution in [3.8, 4) is 0 Å². The molecule has 5 nitrogen and oxygen atoms in total. The molecule has 1 saturated carbocycles. The summed E-state index contributed by atoms with van der Waals surface area (Å²) in [5.41, 5.74) is 0.434. The molecular formula is C13H17N3O2. The molecule has 2 unspecified atom stereocenters. The Morgan fingerprint density at radius 1 is 1.33 bits per heavy atom. The largest absolute Gasteiger partial charge is 0.374 e. The van der Waals surface area contributed by atoms with Crippen LogP contribution in [0.1, 0.15) is 36.2 Å². The fraction of sp³-hybridized carbons (Fsp3) is 0.615. The van der Waals surface area contributed by atoms with Crippen LogP contribution in [0.25, 0.3) is 0 Å². The molecule has 96 valence electrons. The van der Waals surface area contributed by atoms with Crippen LogP contribution in [-0.2, 0) is 4.74 Å². The molecule has 1 aliphatic carbocycles. The first-order valence-corrected chi connectivity index (χ1v) is 6.55. The minimum absolute atomic E-state index is 0.0108. The zero-order valence-corrected chi connectivity index (χ0v) is 10.3. The first-order valence-electron chi connectivity index (χ1n) is 6.55. The Bertz CT molecular complexity index is 422. The first kappa shape index (κ1) is 11.6. The third-order valence-electron chi connectivity index (χ3n) is 3.78. The van der Waals surface area contributed by atoms with Crippen LogP contribution in [0.5, 0.6) is 0 Å². The van der Waals surface area contributed by atoms with E-state index in [-0.39, 0.29) is 18.1 Å². The van der Waals surface area contributed by atoms with Gasteiger partial charge in [-0.05, 0) is 12.8 Å².